The number of Topliss-reactive ketones (excluding diaryl/α,β-unsaturated/α-hetero) is 2. The fraction of sp³-hybridized carbons (Fsp3) is 0.762. The Kier molecular flexibility index (Phi) is 3.66. The number of rotatable bonds is 1. The molecule has 0 spiro atoms. The SMILES string of the molecule is C=C1C2C(=N)C(=O)CC[C@]2(C)[C@H]2CC[C@]3(C)C(=O)CC[C@H]3[C@@H]2[C@@H]1CF. The third-order valence-corrected chi connectivity index (χ3v) is 8.51. The quantitative estimate of drug-likeness (QED) is 0.726. The molecule has 4 aliphatic carbocycles. The second-order valence-corrected chi connectivity index (χ2v) is 9.32. The molecule has 4 heteroatoms. The van der Waals surface area contributed by atoms with Crippen molar-refractivity contribution < 1.29 is 14.0 Å². The highest BCUT2D eigenvalue weighted by molar-refractivity contribution is 6.40. The minimum Gasteiger partial charge on any atom is -0.301 e. The molecule has 3 nitrogen and oxygen atoms in total. The Bertz CT molecular complexity index is 685. The molecule has 136 valence electrons. The minimum atomic E-state index is -0.491. The number of halogens is 1. The van der Waals surface area contributed by atoms with Gasteiger partial charge < -0.3 is 5.41 Å². The molecule has 4 rings (SSSR count). The Hall–Kier alpha value is -1.32. The summed E-state index contributed by atoms with van der Waals surface area (Å²) in [6.45, 7) is 7.99. The number of fused-ring (bicyclic) bond motifs is 5. The Morgan fingerprint density at radius 3 is 2.56 bits per heavy atom. The van der Waals surface area contributed by atoms with Crippen molar-refractivity contribution in [1.29, 1.82) is 5.41 Å². The molecule has 4 saturated carbocycles. The topological polar surface area (TPSA) is 58.0 Å². The van der Waals surface area contributed by atoms with Crippen LogP contribution in [0.2, 0.25) is 0 Å². The molecule has 7 atom stereocenters. The van der Waals surface area contributed by atoms with Crippen LogP contribution >= 0.6 is 0 Å². The van der Waals surface area contributed by atoms with E-state index in [0.29, 0.717) is 18.6 Å². The number of allylic oxidation sites excluding steroid dienone is 1. The van der Waals surface area contributed by atoms with Crippen molar-refractivity contribution in [3.05, 3.63) is 12.2 Å². The molecular weight excluding hydrogens is 317 g/mol. The van der Waals surface area contributed by atoms with Crippen LogP contribution < -0.4 is 0 Å². The molecule has 4 aliphatic rings. The zero-order valence-electron chi connectivity index (χ0n) is 15.2. The summed E-state index contributed by atoms with van der Waals surface area (Å²) in [6.07, 6.45) is 4.43. The van der Waals surface area contributed by atoms with Gasteiger partial charge >= 0.3 is 0 Å². The van der Waals surface area contributed by atoms with E-state index in [1.807, 2.05) is 0 Å². The number of carbonyl (C=O) groups is 2. The van der Waals surface area contributed by atoms with Crippen molar-refractivity contribution in [2.24, 2.45) is 40.4 Å². The number of hydrogen-bond acceptors (Lipinski definition) is 3. The Balaban J connectivity index is 1.81. The Morgan fingerprint density at radius 2 is 1.88 bits per heavy atom. The smallest absolute Gasteiger partial charge is 0.176 e. The van der Waals surface area contributed by atoms with Gasteiger partial charge in [0.05, 0.1) is 12.4 Å². The lowest BCUT2D eigenvalue weighted by atomic mass is 9.42. The van der Waals surface area contributed by atoms with Crippen molar-refractivity contribution in [2.45, 2.75) is 52.4 Å². The van der Waals surface area contributed by atoms with E-state index in [2.05, 4.69) is 20.4 Å². The van der Waals surface area contributed by atoms with E-state index in [-0.39, 0.29) is 51.9 Å². The maximum atomic E-state index is 14.2. The van der Waals surface area contributed by atoms with Crippen LogP contribution in [0.3, 0.4) is 0 Å². The highest BCUT2D eigenvalue weighted by Crippen LogP contribution is 2.67. The summed E-state index contributed by atoms with van der Waals surface area (Å²) in [5, 5.41) is 8.38. The molecule has 0 aliphatic heterocycles. The van der Waals surface area contributed by atoms with Crippen LogP contribution in [0.1, 0.15) is 52.4 Å². The van der Waals surface area contributed by atoms with E-state index in [9.17, 15) is 14.0 Å². The normalized spacial score (nSPS) is 49.6. The second kappa shape index (κ2) is 5.34. The lowest BCUT2D eigenvalue weighted by Crippen LogP contribution is -2.60. The van der Waals surface area contributed by atoms with Gasteiger partial charge in [-0.15, -0.1) is 0 Å². The van der Waals surface area contributed by atoms with Crippen molar-refractivity contribution in [3.63, 3.8) is 0 Å². The highest BCUT2D eigenvalue weighted by Gasteiger charge is 2.64. The first kappa shape index (κ1) is 17.1. The molecule has 0 bridgehead atoms. The lowest BCUT2D eigenvalue weighted by Gasteiger charge is -2.62. The van der Waals surface area contributed by atoms with Gasteiger partial charge in [0.1, 0.15) is 5.78 Å². The van der Waals surface area contributed by atoms with E-state index in [1.165, 1.54) is 0 Å². The molecule has 25 heavy (non-hydrogen) atoms. The van der Waals surface area contributed by atoms with Gasteiger partial charge in [0, 0.05) is 30.1 Å². The van der Waals surface area contributed by atoms with E-state index in [1.54, 1.807) is 0 Å². The first-order valence-electron chi connectivity index (χ1n) is 9.65. The van der Waals surface area contributed by atoms with E-state index >= 15 is 0 Å². The van der Waals surface area contributed by atoms with Gasteiger partial charge in [-0.1, -0.05) is 26.0 Å². The standard InChI is InChI=1S/C21H28FNO2/c1-11-12(10-22)17-13-4-5-16(25)20(13,2)8-6-14(17)21(3)9-7-15(24)19(23)18(11)21/h12-14,17-18,23H,1,4-10H2,2-3H3/t12-,13+,14+,17+,18?,20+,21-/m1/s1. The molecule has 1 unspecified atom stereocenters. The van der Waals surface area contributed by atoms with Gasteiger partial charge in [0.25, 0.3) is 0 Å². The van der Waals surface area contributed by atoms with Crippen LogP contribution in [0, 0.1) is 45.8 Å². The fourth-order valence-corrected chi connectivity index (χ4v) is 7.12. The molecule has 0 aromatic rings. The summed E-state index contributed by atoms with van der Waals surface area (Å²) in [5.41, 5.74) is 0.390. The predicted molar refractivity (Wildman–Crippen MR) is 94.2 cm³/mol. The molecule has 4 fully saturated rings. The Morgan fingerprint density at radius 1 is 1.16 bits per heavy atom. The molecular formula is C21H28FNO2. The number of nitrogens with one attached hydrogen (secondary N) is 1. The zero-order valence-corrected chi connectivity index (χ0v) is 15.2. The zero-order chi connectivity index (χ0) is 18.1. The number of ketones is 2. The van der Waals surface area contributed by atoms with Gasteiger partial charge in [0.2, 0.25) is 0 Å². The van der Waals surface area contributed by atoms with Crippen LogP contribution in [0.4, 0.5) is 4.39 Å². The summed E-state index contributed by atoms with van der Waals surface area (Å²) >= 11 is 0. The second-order valence-electron chi connectivity index (χ2n) is 9.32. The van der Waals surface area contributed by atoms with Crippen LogP contribution in [0.15, 0.2) is 12.2 Å². The summed E-state index contributed by atoms with van der Waals surface area (Å²) in [6, 6.07) is 0. The molecule has 1 N–H and O–H groups in total. The van der Waals surface area contributed by atoms with Gasteiger partial charge in [-0.05, 0) is 48.9 Å². The van der Waals surface area contributed by atoms with Crippen molar-refractivity contribution in [1.82, 2.24) is 0 Å². The fourth-order valence-electron chi connectivity index (χ4n) is 7.12. The number of carbonyl (C=O) groups excluding carboxylic acids is 2. The van der Waals surface area contributed by atoms with Crippen LogP contribution in [-0.2, 0) is 9.59 Å². The number of hydrogen-bond donors (Lipinski definition) is 1. The van der Waals surface area contributed by atoms with Crippen LogP contribution in [0.25, 0.3) is 0 Å². The summed E-state index contributed by atoms with van der Waals surface area (Å²) in [5.74, 6) is 0.253. The van der Waals surface area contributed by atoms with E-state index in [4.69, 9.17) is 5.41 Å². The molecule has 0 amide bonds. The van der Waals surface area contributed by atoms with Crippen molar-refractivity contribution in [3.8, 4) is 0 Å². The lowest BCUT2D eigenvalue weighted by molar-refractivity contribution is -0.138. The van der Waals surface area contributed by atoms with Gasteiger partial charge in [-0.3, -0.25) is 14.0 Å². The third kappa shape index (κ3) is 2.00. The van der Waals surface area contributed by atoms with Crippen molar-refractivity contribution in [2.75, 3.05) is 6.67 Å². The number of alkyl halides is 1. The van der Waals surface area contributed by atoms with Gasteiger partial charge in [-0.2, -0.15) is 0 Å². The molecule has 0 radical (unpaired) electrons. The third-order valence-electron chi connectivity index (χ3n) is 8.51. The molecule has 0 aromatic carbocycles. The van der Waals surface area contributed by atoms with Crippen molar-refractivity contribution >= 4 is 17.3 Å². The average molecular weight is 345 g/mol. The average Bonchev–Trinajstić information content (AvgIpc) is 2.87. The Labute approximate surface area is 148 Å². The molecule has 0 heterocycles. The summed E-state index contributed by atoms with van der Waals surface area (Å²) in [4.78, 5) is 24.7. The molecule has 0 saturated heterocycles. The monoisotopic (exact) mass is 345 g/mol. The highest BCUT2D eigenvalue weighted by atomic mass is 19.1. The largest absolute Gasteiger partial charge is 0.301 e. The summed E-state index contributed by atoms with van der Waals surface area (Å²) in [7, 11) is 0. The minimum absolute atomic E-state index is 0.101. The van der Waals surface area contributed by atoms with Gasteiger partial charge in [-0.25, -0.2) is 0 Å². The first-order chi connectivity index (χ1) is 11.8. The first-order valence-corrected chi connectivity index (χ1v) is 9.65. The maximum absolute atomic E-state index is 14.2. The molecule has 0 aromatic heterocycles. The van der Waals surface area contributed by atoms with E-state index in [0.717, 1.165) is 31.3 Å². The maximum Gasteiger partial charge on any atom is 0.176 e. The van der Waals surface area contributed by atoms with Gasteiger partial charge in [0.15, 0.2) is 5.78 Å². The predicted octanol–water partition coefficient (Wildman–Crippen LogP) is 4.16. The summed E-state index contributed by atoms with van der Waals surface area (Å²) < 4.78 is 14.2. The van der Waals surface area contributed by atoms with E-state index < -0.39 is 6.67 Å². The van der Waals surface area contributed by atoms with Crippen LogP contribution in [0.5, 0.6) is 0 Å². The van der Waals surface area contributed by atoms with Crippen LogP contribution in [-0.4, -0.2) is 24.0 Å².